The van der Waals surface area contributed by atoms with Crippen LogP contribution in [-0.2, 0) is 22.9 Å². The SMILES string of the molecule is CNC(=O)c1cc(S(=O)(=O)N[C@@H](C)c2ccc3c(c2)CCCC3)ccc1OC. The fourth-order valence-corrected chi connectivity index (χ4v) is 4.82. The third-order valence-corrected chi connectivity index (χ3v) is 6.70. The molecule has 1 atom stereocenters. The molecule has 2 N–H and O–H groups in total. The van der Waals surface area contributed by atoms with E-state index in [1.165, 1.54) is 56.3 Å². The summed E-state index contributed by atoms with van der Waals surface area (Å²) in [7, 11) is -0.881. The number of ether oxygens (including phenoxy) is 1. The average Bonchev–Trinajstić information content (AvgIpc) is 2.71. The van der Waals surface area contributed by atoms with Crippen LogP contribution in [0, 0.1) is 0 Å². The van der Waals surface area contributed by atoms with Crippen LogP contribution in [-0.4, -0.2) is 28.5 Å². The predicted octanol–water partition coefficient (Wildman–Crippen LogP) is 2.97. The quantitative estimate of drug-likeness (QED) is 0.778. The lowest BCUT2D eigenvalue weighted by molar-refractivity contribution is 0.0960. The maximum absolute atomic E-state index is 12.9. The van der Waals surface area contributed by atoms with Crippen LogP contribution in [0.5, 0.6) is 5.75 Å². The Hall–Kier alpha value is -2.38. The van der Waals surface area contributed by atoms with Crippen molar-refractivity contribution in [3.8, 4) is 5.75 Å². The molecule has 0 fully saturated rings. The van der Waals surface area contributed by atoms with E-state index in [2.05, 4.69) is 22.2 Å². The van der Waals surface area contributed by atoms with E-state index in [0.717, 1.165) is 18.4 Å². The number of rotatable bonds is 6. The van der Waals surface area contributed by atoms with Gasteiger partial charge in [0.25, 0.3) is 5.91 Å². The number of amides is 1. The third kappa shape index (κ3) is 4.20. The third-order valence-electron chi connectivity index (χ3n) is 5.16. The molecule has 3 rings (SSSR count). The van der Waals surface area contributed by atoms with Gasteiger partial charge in [0.15, 0.2) is 0 Å². The number of fused-ring (bicyclic) bond motifs is 1. The molecule has 1 amide bonds. The highest BCUT2D eigenvalue weighted by Gasteiger charge is 2.22. The Bertz CT molecular complexity index is 986. The van der Waals surface area contributed by atoms with Gasteiger partial charge in [-0.2, -0.15) is 0 Å². The predicted molar refractivity (Wildman–Crippen MR) is 108 cm³/mol. The van der Waals surface area contributed by atoms with E-state index in [0.29, 0.717) is 5.75 Å². The van der Waals surface area contributed by atoms with Crippen molar-refractivity contribution in [1.82, 2.24) is 10.0 Å². The van der Waals surface area contributed by atoms with Gasteiger partial charge >= 0.3 is 0 Å². The summed E-state index contributed by atoms with van der Waals surface area (Å²) in [5.74, 6) is -0.0855. The van der Waals surface area contributed by atoms with Gasteiger partial charge in [-0.05, 0) is 67.5 Å². The van der Waals surface area contributed by atoms with E-state index >= 15 is 0 Å². The summed E-state index contributed by atoms with van der Waals surface area (Å²) in [6, 6.07) is 10.1. The number of carbonyl (C=O) groups is 1. The van der Waals surface area contributed by atoms with Gasteiger partial charge < -0.3 is 10.1 Å². The van der Waals surface area contributed by atoms with Crippen LogP contribution in [0.25, 0.3) is 0 Å². The topological polar surface area (TPSA) is 84.5 Å². The summed E-state index contributed by atoms with van der Waals surface area (Å²) in [6.45, 7) is 1.82. The fourth-order valence-electron chi connectivity index (χ4n) is 3.56. The van der Waals surface area contributed by atoms with Crippen LogP contribution in [0.4, 0.5) is 0 Å². The van der Waals surface area contributed by atoms with E-state index in [1.807, 2.05) is 13.0 Å². The van der Waals surface area contributed by atoms with Crippen molar-refractivity contribution in [2.75, 3.05) is 14.2 Å². The molecule has 1 aliphatic rings. The molecule has 1 aliphatic carbocycles. The number of benzene rings is 2. The molecule has 2 aromatic carbocycles. The molecule has 0 aliphatic heterocycles. The van der Waals surface area contributed by atoms with Gasteiger partial charge in [0.2, 0.25) is 10.0 Å². The monoisotopic (exact) mass is 402 g/mol. The Morgan fingerprint density at radius 1 is 1.07 bits per heavy atom. The number of hydrogen-bond donors (Lipinski definition) is 2. The molecule has 0 unspecified atom stereocenters. The smallest absolute Gasteiger partial charge is 0.254 e. The summed E-state index contributed by atoms with van der Waals surface area (Å²) in [6.07, 6.45) is 4.50. The van der Waals surface area contributed by atoms with Crippen LogP contribution < -0.4 is 14.8 Å². The highest BCUT2D eigenvalue weighted by atomic mass is 32.2. The first-order valence-corrected chi connectivity index (χ1v) is 10.9. The molecule has 0 radical (unpaired) electrons. The van der Waals surface area contributed by atoms with E-state index in [1.54, 1.807) is 0 Å². The lowest BCUT2D eigenvalue weighted by Crippen LogP contribution is -2.27. The molecule has 0 saturated heterocycles. The molecule has 0 bridgehead atoms. The van der Waals surface area contributed by atoms with Crippen molar-refractivity contribution in [3.05, 3.63) is 58.7 Å². The first kappa shape index (κ1) is 20.4. The zero-order valence-corrected chi connectivity index (χ0v) is 17.2. The van der Waals surface area contributed by atoms with Gasteiger partial charge in [-0.1, -0.05) is 18.2 Å². The molecular weight excluding hydrogens is 376 g/mol. The van der Waals surface area contributed by atoms with Crippen molar-refractivity contribution in [2.24, 2.45) is 0 Å². The zero-order chi connectivity index (χ0) is 20.3. The van der Waals surface area contributed by atoms with Gasteiger partial charge in [0.1, 0.15) is 5.75 Å². The molecule has 0 saturated carbocycles. The summed E-state index contributed by atoms with van der Waals surface area (Å²) < 4.78 is 33.6. The largest absolute Gasteiger partial charge is 0.496 e. The second-order valence-electron chi connectivity index (χ2n) is 7.02. The summed E-state index contributed by atoms with van der Waals surface area (Å²) in [4.78, 5) is 12.1. The van der Waals surface area contributed by atoms with Gasteiger partial charge in [0.05, 0.1) is 17.6 Å². The van der Waals surface area contributed by atoms with Crippen LogP contribution in [0.3, 0.4) is 0 Å². The maximum atomic E-state index is 12.9. The number of sulfonamides is 1. The molecule has 7 heteroatoms. The molecule has 6 nitrogen and oxygen atoms in total. The van der Waals surface area contributed by atoms with E-state index in [-0.39, 0.29) is 16.5 Å². The highest BCUT2D eigenvalue weighted by molar-refractivity contribution is 7.89. The zero-order valence-electron chi connectivity index (χ0n) is 16.4. The maximum Gasteiger partial charge on any atom is 0.254 e. The first-order chi connectivity index (χ1) is 13.4. The number of methoxy groups -OCH3 is 1. The molecule has 150 valence electrons. The minimum atomic E-state index is -3.80. The normalized spacial score (nSPS) is 14.8. The lowest BCUT2D eigenvalue weighted by atomic mass is 9.89. The van der Waals surface area contributed by atoms with Crippen molar-refractivity contribution in [1.29, 1.82) is 0 Å². The minimum Gasteiger partial charge on any atom is -0.496 e. The van der Waals surface area contributed by atoms with Gasteiger partial charge in [0, 0.05) is 13.1 Å². The first-order valence-electron chi connectivity index (χ1n) is 9.40. The fraction of sp³-hybridized carbons (Fsp3) is 0.381. The Kier molecular flexibility index (Phi) is 6.05. The Labute approximate surface area is 166 Å². The Morgan fingerprint density at radius 3 is 2.46 bits per heavy atom. The highest BCUT2D eigenvalue weighted by Crippen LogP contribution is 2.27. The second-order valence-corrected chi connectivity index (χ2v) is 8.73. The Morgan fingerprint density at radius 2 is 1.79 bits per heavy atom. The van der Waals surface area contributed by atoms with Crippen molar-refractivity contribution < 1.29 is 17.9 Å². The summed E-state index contributed by atoms with van der Waals surface area (Å²) in [5, 5.41) is 2.50. The molecule has 0 heterocycles. The molecular formula is C21H26N2O4S. The van der Waals surface area contributed by atoms with Gasteiger partial charge in [-0.25, -0.2) is 13.1 Å². The second kappa shape index (κ2) is 8.32. The van der Waals surface area contributed by atoms with Gasteiger partial charge in [-0.15, -0.1) is 0 Å². The number of hydrogen-bond acceptors (Lipinski definition) is 4. The van der Waals surface area contributed by atoms with Gasteiger partial charge in [-0.3, -0.25) is 4.79 Å². The van der Waals surface area contributed by atoms with Crippen molar-refractivity contribution in [2.45, 2.75) is 43.5 Å². The summed E-state index contributed by atoms with van der Waals surface area (Å²) in [5.41, 5.74) is 3.77. The number of carbonyl (C=O) groups excluding carboxylic acids is 1. The molecule has 0 aromatic heterocycles. The summed E-state index contributed by atoms with van der Waals surface area (Å²) >= 11 is 0. The number of aryl methyl sites for hydroxylation is 2. The van der Waals surface area contributed by atoms with E-state index in [9.17, 15) is 13.2 Å². The minimum absolute atomic E-state index is 0.0247. The van der Waals surface area contributed by atoms with E-state index in [4.69, 9.17) is 4.74 Å². The van der Waals surface area contributed by atoms with Crippen LogP contribution >= 0.6 is 0 Å². The van der Waals surface area contributed by atoms with E-state index < -0.39 is 15.9 Å². The van der Waals surface area contributed by atoms with Crippen molar-refractivity contribution >= 4 is 15.9 Å². The van der Waals surface area contributed by atoms with Crippen LogP contribution in [0.15, 0.2) is 41.3 Å². The molecule has 0 spiro atoms. The lowest BCUT2D eigenvalue weighted by Gasteiger charge is -2.20. The van der Waals surface area contributed by atoms with Crippen LogP contribution in [0.2, 0.25) is 0 Å². The average molecular weight is 403 g/mol. The number of nitrogens with one attached hydrogen (secondary N) is 2. The standard InChI is InChI=1S/C21H26N2O4S/c1-14(16-9-8-15-6-4-5-7-17(15)12-16)23-28(25,26)18-10-11-20(27-3)19(13-18)21(24)22-2/h8-14,23H,4-7H2,1-3H3,(H,22,24)/t14-/m0/s1. The van der Waals surface area contributed by atoms with Crippen LogP contribution in [0.1, 0.15) is 52.9 Å². The Balaban J connectivity index is 1.86. The molecule has 2 aromatic rings. The molecule has 28 heavy (non-hydrogen) atoms. The van der Waals surface area contributed by atoms with Crippen molar-refractivity contribution in [3.63, 3.8) is 0 Å².